The van der Waals surface area contributed by atoms with Crippen molar-refractivity contribution in [3.05, 3.63) is 101 Å². The molecule has 0 aromatic heterocycles. The van der Waals surface area contributed by atoms with Gasteiger partial charge in [-0.15, -0.1) is 0 Å². The number of hydrogen-bond acceptors (Lipinski definition) is 1. The molecule has 0 radical (unpaired) electrons. The molecule has 0 aliphatic rings. The van der Waals surface area contributed by atoms with Crippen LogP contribution in [0.3, 0.4) is 0 Å². The molecule has 0 fully saturated rings. The lowest BCUT2D eigenvalue weighted by molar-refractivity contribution is 0.409. The summed E-state index contributed by atoms with van der Waals surface area (Å²) in [7, 11) is 1.70. The molecule has 0 saturated carbocycles. The van der Waals surface area contributed by atoms with E-state index in [1.165, 1.54) is 5.56 Å². The van der Waals surface area contributed by atoms with Gasteiger partial charge in [0.15, 0.2) is 0 Å². The van der Waals surface area contributed by atoms with Crippen LogP contribution >= 0.6 is 11.6 Å². The number of rotatable bonds is 4. The summed E-state index contributed by atoms with van der Waals surface area (Å²) in [5, 5.41) is 0.766. The van der Waals surface area contributed by atoms with Crippen molar-refractivity contribution < 1.29 is 4.74 Å². The van der Waals surface area contributed by atoms with Crippen LogP contribution in [0.5, 0.6) is 5.75 Å². The SMILES string of the molecule is COc1ccccc1C(c1ccccc1)c1ccccc1Cl. The van der Waals surface area contributed by atoms with Gasteiger partial charge in [-0.1, -0.05) is 78.3 Å². The maximum Gasteiger partial charge on any atom is 0.123 e. The molecule has 1 unspecified atom stereocenters. The highest BCUT2D eigenvalue weighted by Gasteiger charge is 2.21. The molecular weight excluding hydrogens is 292 g/mol. The Kier molecular flexibility index (Phi) is 4.45. The van der Waals surface area contributed by atoms with Gasteiger partial charge in [-0.05, 0) is 23.3 Å². The van der Waals surface area contributed by atoms with Crippen molar-refractivity contribution in [2.45, 2.75) is 5.92 Å². The van der Waals surface area contributed by atoms with Gasteiger partial charge in [0.1, 0.15) is 5.75 Å². The molecule has 0 heterocycles. The molecule has 3 rings (SSSR count). The average molecular weight is 309 g/mol. The molecule has 0 N–H and O–H groups in total. The first-order chi connectivity index (χ1) is 10.8. The Morgan fingerprint density at radius 3 is 2.00 bits per heavy atom. The largest absolute Gasteiger partial charge is 0.496 e. The highest BCUT2D eigenvalue weighted by molar-refractivity contribution is 6.31. The highest BCUT2D eigenvalue weighted by atomic mass is 35.5. The van der Waals surface area contributed by atoms with E-state index < -0.39 is 0 Å². The normalized spacial score (nSPS) is 11.9. The van der Waals surface area contributed by atoms with Gasteiger partial charge in [-0.2, -0.15) is 0 Å². The number of ether oxygens (including phenoxy) is 1. The van der Waals surface area contributed by atoms with E-state index in [0.717, 1.165) is 21.9 Å². The smallest absolute Gasteiger partial charge is 0.123 e. The second kappa shape index (κ2) is 6.67. The van der Waals surface area contributed by atoms with Crippen LogP contribution in [0.2, 0.25) is 5.02 Å². The Morgan fingerprint density at radius 1 is 0.727 bits per heavy atom. The molecule has 22 heavy (non-hydrogen) atoms. The predicted octanol–water partition coefficient (Wildman–Crippen LogP) is 5.53. The van der Waals surface area contributed by atoms with E-state index in [9.17, 15) is 0 Å². The third-order valence-corrected chi connectivity index (χ3v) is 4.14. The van der Waals surface area contributed by atoms with Crippen LogP contribution in [-0.2, 0) is 0 Å². The standard InChI is InChI=1S/C20H17ClO/c1-22-19-14-8-6-12-17(19)20(15-9-3-2-4-10-15)16-11-5-7-13-18(16)21/h2-14,20H,1H3. The van der Waals surface area contributed by atoms with Gasteiger partial charge >= 0.3 is 0 Å². The second-order valence-corrected chi connectivity index (χ2v) is 5.51. The van der Waals surface area contributed by atoms with Crippen molar-refractivity contribution in [3.63, 3.8) is 0 Å². The molecule has 0 bridgehead atoms. The predicted molar refractivity (Wildman–Crippen MR) is 91.8 cm³/mol. The van der Waals surface area contributed by atoms with Gasteiger partial charge in [0.05, 0.1) is 7.11 Å². The van der Waals surface area contributed by atoms with E-state index in [2.05, 4.69) is 36.4 Å². The second-order valence-electron chi connectivity index (χ2n) is 5.11. The van der Waals surface area contributed by atoms with Crippen molar-refractivity contribution in [1.82, 2.24) is 0 Å². The summed E-state index contributed by atoms with van der Waals surface area (Å²) in [6, 6.07) is 26.5. The van der Waals surface area contributed by atoms with Crippen LogP contribution < -0.4 is 4.74 Å². The maximum atomic E-state index is 6.47. The summed E-state index contributed by atoms with van der Waals surface area (Å²) in [5.41, 5.74) is 3.39. The van der Waals surface area contributed by atoms with Crippen molar-refractivity contribution in [3.8, 4) is 5.75 Å². The molecule has 0 spiro atoms. The summed E-state index contributed by atoms with van der Waals surface area (Å²) in [4.78, 5) is 0. The minimum absolute atomic E-state index is 0.0473. The molecule has 3 aromatic rings. The zero-order chi connectivity index (χ0) is 15.4. The first-order valence-electron chi connectivity index (χ1n) is 7.23. The monoisotopic (exact) mass is 308 g/mol. The summed E-state index contributed by atoms with van der Waals surface area (Å²) in [5.74, 6) is 0.919. The molecule has 1 nitrogen and oxygen atoms in total. The van der Waals surface area contributed by atoms with E-state index in [-0.39, 0.29) is 5.92 Å². The first-order valence-corrected chi connectivity index (χ1v) is 7.61. The summed E-state index contributed by atoms with van der Waals surface area (Å²) in [6.07, 6.45) is 0. The minimum Gasteiger partial charge on any atom is -0.496 e. The molecule has 0 aliphatic heterocycles. The molecule has 1 atom stereocenters. The number of hydrogen-bond donors (Lipinski definition) is 0. The van der Waals surface area contributed by atoms with Gasteiger partial charge in [0.2, 0.25) is 0 Å². The molecule has 110 valence electrons. The zero-order valence-corrected chi connectivity index (χ0v) is 13.1. The van der Waals surface area contributed by atoms with Crippen LogP contribution in [0.1, 0.15) is 22.6 Å². The lowest BCUT2D eigenvalue weighted by Crippen LogP contribution is -2.06. The fourth-order valence-electron chi connectivity index (χ4n) is 2.79. The Labute approximate surface area is 136 Å². The molecule has 0 amide bonds. The molecule has 0 aliphatic carbocycles. The van der Waals surface area contributed by atoms with E-state index in [0.29, 0.717) is 0 Å². The fourth-order valence-corrected chi connectivity index (χ4v) is 3.03. The lowest BCUT2D eigenvalue weighted by atomic mass is 9.84. The van der Waals surface area contributed by atoms with Gasteiger partial charge in [0, 0.05) is 16.5 Å². The fraction of sp³-hybridized carbons (Fsp3) is 0.100. The molecular formula is C20H17ClO. The van der Waals surface area contributed by atoms with Crippen LogP contribution in [-0.4, -0.2) is 7.11 Å². The van der Waals surface area contributed by atoms with Gasteiger partial charge in [-0.25, -0.2) is 0 Å². The highest BCUT2D eigenvalue weighted by Crippen LogP contribution is 2.39. The van der Waals surface area contributed by atoms with Crippen molar-refractivity contribution in [1.29, 1.82) is 0 Å². The third kappa shape index (κ3) is 2.86. The molecule has 0 saturated heterocycles. The number of benzene rings is 3. The lowest BCUT2D eigenvalue weighted by Gasteiger charge is -2.22. The van der Waals surface area contributed by atoms with E-state index in [1.807, 2.05) is 42.5 Å². The van der Waals surface area contributed by atoms with E-state index in [4.69, 9.17) is 16.3 Å². The molecule has 2 heteroatoms. The number of methoxy groups -OCH3 is 1. The van der Waals surface area contributed by atoms with E-state index >= 15 is 0 Å². The van der Waals surface area contributed by atoms with Crippen molar-refractivity contribution in [2.24, 2.45) is 0 Å². The van der Waals surface area contributed by atoms with Crippen LogP contribution in [0.15, 0.2) is 78.9 Å². The van der Waals surface area contributed by atoms with Crippen molar-refractivity contribution in [2.75, 3.05) is 7.11 Å². The zero-order valence-electron chi connectivity index (χ0n) is 12.4. The minimum atomic E-state index is 0.0473. The number of halogens is 1. The Balaban J connectivity index is 2.22. The summed E-state index contributed by atoms with van der Waals surface area (Å²) in [6.45, 7) is 0. The van der Waals surface area contributed by atoms with Crippen LogP contribution in [0, 0.1) is 0 Å². The topological polar surface area (TPSA) is 9.23 Å². The van der Waals surface area contributed by atoms with Gasteiger partial charge in [-0.3, -0.25) is 0 Å². The number of para-hydroxylation sites is 1. The van der Waals surface area contributed by atoms with Crippen LogP contribution in [0.4, 0.5) is 0 Å². The Bertz CT molecular complexity index is 752. The maximum absolute atomic E-state index is 6.47. The quantitative estimate of drug-likeness (QED) is 0.576. The summed E-state index contributed by atoms with van der Waals surface area (Å²) >= 11 is 6.47. The van der Waals surface area contributed by atoms with E-state index in [1.54, 1.807) is 7.11 Å². The average Bonchev–Trinajstić information content (AvgIpc) is 2.58. The van der Waals surface area contributed by atoms with Crippen molar-refractivity contribution >= 4 is 11.6 Å². The van der Waals surface area contributed by atoms with Gasteiger partial charge < -0.3 is 4.74 Å². The third-order valence-electron chi connectivity index (χ3n) is 3.80. The summed E-state index contributed by atoms with van der Waals surface area (Å²) < 4.78 is 5.57. The molecule has 3 aromatic carbocycles. The Morgan fingerprint density at radius 2 is 1.32 bits per heavy atom. The Hall–Kier alpha value is -2.25. The van der Waals surface area contributed by atoms with Crippen LogP contribution in [0.25, 0.3) is 0 Å². The van der Waals surface area contributed by atoms with Gasteiger partial charge in [0.25, 0.3) is 0 Å². The first kappa shape index (κ1) is 14.7.